The molecule has 1 unspecified atom stereocenters. The fraction of sp³-hybridized carbons (Fsp3) is 0.650. The number of aryl methyl sites for hydroxylation is 1. The van der Waals surface area contributed by atoms with Gasteiger partial charge in [-0.3, -0.25) is 4.79 Å². The summed E-state index contributed by atoms with van der Waals surface area (Å²) in [7, 11) is -3.67. The van der Waals surface area contributed by atoms with Gasteiger partial charge in [0.05, 0.1) is 4.90 Å². The van der Waals surface area contributed by atoms with Gasteiger partial charge in [0.1, 0.15) is 5.54 Å². The minimum Gasteiger partial charge on any atom is -0.339 e. The summed E-state index contributed by atoms with van der Waals surface area (Å²) < 4.78 is 28.2. The Morgan fingerprint density at radius 1 is 1.08 bits per heavy atom. The average molecular weight is 379 g/mol. The van der Waals surface area contributed by atoms with E-state index in [0.29, 0.717) is 24.3 Å². The average Bonchev–Trinajstić information content (AvgIpc) is 3.03. The fourth-order valence-corrected chi connectivity index (χ4v) is 6.25. The van der Waals surface area contributed by atoms with Crippen LogP contribution in [-0.2, 0) is 21.2 Å². The molecule has 2 saturated heterocycles. The first-order valence-electron chi connectivity index (χ1n) is 9.76. The van der Waals surface area contributed by atoms with Gasteiger partial charge < -0.3 is 4.90 Å². The Morgan fingerprint density at radius 2 is 1.69 bits per heavy atom. The maximum atomic E-state index is 13.4. The van der Waals surface area contributed by atoms with Crippen LogP contribution in [0.5, 0.6) is 0 Å². The Balaban J connectivity index is 1.94. The number of nitrogens with zero attached hydrogens (tertiary/aromatic N) is 2. The van der Waals surface area contributed by atoms with Crippen LogP contribution in [-0.4, -0.2) is 48.2 Å². The molecule has 3 rings (SSSR count). The molecule has 0 aliphatic carbocycles. The molecule has 5 nitrogen and oxygen atoms in total. The van der Waals surface area contributed by atoms with E-state index in [0.717, 1.165) is 37.8 Å². The van der Waals surface area contributed by atoms with E-state index in [9.17, 15) is 13.2 Å². The minimum absolute atomic E-state index is 0.0116. The third kappa shape index (κ3) is 3.18. The van der Waals surface area contributed by atoms with Crippen molar-refractivity contribution >= 4 is 15.9 Å². The van der Waals surface area contributed by atoms with Crippen molar-refractivity contribution in [2.75, 3.05) is 13.1 Å². The molecule has 1 amide bonds. The first kappa shape index (κ1) is 19.4. The maximum absolute atomic E-state index is 13.4. The van der Waals surface area contributed by atoms with Crippen molar-refractivity contribution < 1.29 is 13.2 Å². The van der Waals surface area contributed by atoms with Gasteiger partial charge in [0.15, 0.2) is 0 Å². The lowest BCUT2D eigenvalue weighted by molar-refractivity contribution is -0.146. The lowest BCUT2D eigenvalue weighted by Gasteiger charge is -2.45. The summed E-state index contributed by atoms with van der Waals surface area (Å²) in [5.41, 5.74) is 0.256. The van der Waals surface area contributed by atoms with Crippen molar-refractivity contribution in [1.82, 2.24) is 9.21 Å². The third-order valence-corrected chi connectivity index (χ3v) is 7.73. The SMILES string of the molecule is CCCc1ccc(S(=O)(=O)N2CCCC23CCCN(C(C)C)C3=O)cc1. The highest BCUT2D eigenvalue weighted by Crippen LogP contribution is 2.42. The second-order valence-electron chi connectivity index (χ2n) is 7.80. The van der Waals surface area contributed by atoms with Crippen molar-refractivity contribution in [2.24, 2.45) is 0 Å². The zero-order valence-electron chi connectivity index (χ0n) is 16.1. The van der Waals surface area contributed by atoms with Gasteiger partial charge in [-0.15, -0.1) is 0 Å². The molecule has 144 valence electrons. The van der Waals surface area contributed by atoms with Gasteiger partial charge in [-0.25, -0.2) is 8.42 Å². The van der Waals surface area contributed by atoms with Crippen LogP contribution in [0, 0.1) is 0 Å². The lowest BCUT2D eigenvalue weighted by atomic mass is 9.86. The van der Waals surface area contributed by atoms with Crippen molar-refractivity contribution in [1.29, 1.82) is 0 Å². The van der Waals surface area contributed by atoms with E-state index >= 15 is 0 Å². The molecule has 1 atom stereocenters. The van der Waals surface area contributed by atoms with Gasteiger partial charge in [-0.2, -0.15) is 4.31 Å². The topological polar surface area (TPSA) is 57.7 Å². The fourth-order valence-electron chi connectivity index (χ4n) is 4.42. The van der Waals surface area contributed by atoms with Crippen LogP contribution in [0.25, 0.3) is 0 Å². The van der Waals surface area contributed by atoms with Crippen LogP contribution in [0.3, 0.4) is 0 Å². The molecule has 1 aromatic carbocycles. The summed E-state index contributed by atoms with van der Waals surface area (Å²) in [6.07, 6.45) is 4.82. The van der Waals surface area contributed by atoms with E-state index in [1.807, 2.05) is 30.9 Å². The maximum Gasteiger partial charge on any atom is 0.244 e. The van der Waals surface area contributed by atoms with Crippen LogP contribution < -0.4 is 0 Å². The highest BCUT2D eigenvalue weighted by atomic mass is 32.2. The predicted molar refractivity (Wildman–Crippen MR) is 102 cm³/mol. The highest BCUT2D eigenvalue weighted by molar-refractivity contribution is 7.89. The van der Waals surface area contributed by atoms with Crippen LogP contribution in [0.2, 0.25) is 0 Å². The second kappa shape index (κ2) is 7.31. The summed E-state index contributed by atoms with van der Waals surface area (Å²) in [5.74, 6) is -0.0116. The number of piperidine rings is 1. The highest BCUT2D eigenvalue weighted by Gasteiger charge is 2.55. The largest absolute Gasteiger partial charge is 0.339 e. The van der Waals surface area contributed by atoms with E-state index < -0.39 is 15.6 Å². The molecular formula is C20H30N2O3S. The van der Waals surface area contributed by atoms with E-state index in [4.69, 9.17) is 0 Å². The first-order chi connectivity index (χ1) is 12.3. The van der Waals surface area contributed by atoms with Crippen LogP contribution in [0.4, 0.5) is 0 Å². The molecule has 0 aromatic heterocycles. The van der Waals surface area contributed by atoms with Gasteiger partial charge >= 0.3 is 0 Å². The zero-order valence-corrected chi connectivity index (χ0v) is 16.9. The Hall–Kier alpha value is -1.40. The van der Waals surface area contributed by atoms with E-state index in [1.165, 1.54) is 4.31 Å². The number of likely N-dealkylation sites (tertiary alicyclic amines) is 1. The van der Waals surface area contributed by atoms with Crippen molar-refractivity contribution in [3.05, 3.63) is 29.8 Å². The summed E-state index contributed by atoms with van der Waals surface area (Å²) in [5, 5.41) is 0. The summed E-state index contributed by atoms with van der Waals surface area (Å²) in [6, 6.07) is 7.27. The van der Waals surface area contributed by atoms with Crippen molar-refractivity contribution in [2.45, 2.75) is 75.8 Å². The predicted octanol–water partition coefficient (Wildman–Crippen LogP) is 3.19. The molecule has 26 heavy (non-hydrogen) atoms. The molecule has 1 spiro atoms. The first-order valence-corrected chi connectivity index (χ1v) is 11.2. The molecule has 0 bridgehead atoms. The number of rotatable bonds is 5. The number of hydrogen-bond donors (Lipinski definition) is 0. The number of sulfonamides is 1. The zero-order chi connectivity index (χ0) is 18.9. The van der Waals surface area contributed by atoms with Gasteiger partial charge in [0.25, 0.3) is 0 Å². The Kier molecular flexibility index (Phi) is 5.45. The minimum atomic E-state index is -3.67. The van der Waals surface area contributed by atoms with Gasteiger partial charge in [-0.1, -0.05) is 25.5 Å². The van der Waals surface area contributed by atoms with Crippen LogP contribution in [0.1, 0.15) is 58.4 Å². The number of benzene rings is 1. The van der Waals surface area contributed by atoms with E-state index in [-0.39, 0.29) is 11.9 Å². The molecule has 2 aliphatic rings. The summed E-state index contributed by atoms with van der Waals surface area (Å²) in [4.78, 5) is 15.4. The number of carbonyl (C=O) groups excluding carboxylic acids is 1. The lowest BCUT2D eigenvalue weighted by Crippen LogP contribution is -2.62. The van der Waals surface area contributed by atoms with Gasteiger partial charge in [0.2, 0.25) is 15.9 Å². The standard InChI is InChI=1S/C20H30N2O3S/c1-4-7-17-8-10-18(11-9-17)26(24,25)22-15-6-13-20(22)12-5-14-21(16(2)3)19(20)23/h8-11,16H,4-7,12-15H2,1-3H3. The van der Waals surface area contributed by atoms with Crippen LogP contribution in [0.15, 0.2) is 29.2 Å². The summed E-state index contributed by atoms with van der Waals surface area (Å²) >= 11 is 0. The molecule has 2 aliphatic heterocycles. The molecule has 1 aromatic rings. The number of carbonyl (C=O) groups is 1. The van der Waals surface area contributed by atoms with Gasteiger partial charge in [0, 0.05) is 19.1 Å². The smallest absolute Gasteiger partial charge is 0.244 e. The van der Waals surface area contributed by atoms with E-state index in [1.54, 1.807) is 12.1 Å². The van der Waals surface area contributed by atoms with E-state index in [2.05, 4.69) is 6.92 Å². The molecule has 2 fully saturated rings. The normalized spacial score (nSPS) is 24.8. The quantitative estimate of drug-likeness (QED) is 0.791. The van der Waals surface area contributed by atoms with Crippen LogP contribution >= 0.6 is 0 Å². The molecule has 6 heteroatoms. The second-order valence-corrected chi connectivity index (χ2v) is 9.66. The third-order valence-electron chi connectivity index (χ3n) is 5.75. The molecule has 0 N–H and O–H groups in total. The molecule has 0 radical (unpaired) electrons. The molecule has 2 heterocycles. The monoisotopic (exact) mass is 378 g/mol. The molecule has 0 saturated carbocycles. The molecular weight excluding hydrogens is 348 g/mol. The Morgan fingerprint density at radius 3 is 2.27 bits per heavy atom. The number of hydrogen-bond acceptors (Lipinski definition) is 3. The summed E-state index contributed by atoms with van der Waals surface area (Å²) in [6.45, 7) is 7.25. The number of amides is 1. The van der Waals surface area contributed by atoms with Crippen molar-refractivity contribution in [3.63, 3.8) is 0 Å². The Bertz CT molecular complexity index is 758. The van der Waals surface area contributed by atoms with Gasteiger partial charge in [-0.05, 0) is 63.6 Å². The Labute approximate surface area is 157 Å². The van der Waals surface area contributed by atoms with Crippen molar-refractivity contribution in [3.8, 4) is 0 Å².